The van der Waals surface area contributed by atoms with Crippen LogP contribution in [0.5, 0.6) is 5.75 Å². The molecule has 0 atom stereocenters. The second-order valence-corrected chi connectivity index (χ2v) is 4.84. The first-order valence-electron chi connectivity index (χ1n) is 7.02. The summed E-state index contributed by atoms with van der Waals surface area (Å²) < 4.78 is 4.97. The Balaban J connectivity index is 1.56. The van der Waals surface area contributed by atoms with Gasteiger partial charge in [-0.15, -0.1) is 0 Å². The number of phenolic OH excluding ortho intramolecular Hbond substituents is 1. The third kappa shape index (κ3) is 3.70. The lowest BCUT2D eigenvalue weighted by molar-refractivity contribution is 0.0910. The van der Waals surface area contributed by atoms with Gasteiger partial charge in [-0.05, 0) is 36.2 Å². The van der Waals surface area contributed by atoms with Crippen LogP contribution in [0.4, 0.5) is 0 Å². The summed E-state index contributed by atoms with van der Waals surface area (Å²) >= 11 is 0. The number of amides is 1. The zero-order valence-corrected chi connectivity index (χ0v) is 12.1. The van der Waals surface area contributed by atoms with Crippen LogP contribution in [0.15, 0.2) is 53.3 Å². The number of phenols is 1. The molecule has 0 saturated heterocycles. The van der Waals surface area contributed by atoms with Crippen molar-refractivity contribution in [1.82, 2.24) is 20.4 Å². The van der Waals surface area contributed by atoms with E-state index in [-0.39, 0.29) is 11.6 Å². The highest BCUT2D eigenvalue weighted by atomic mass is 16.5. The summed E-state index contributed by atoms with van der Waals surface area (Å²) in [5.74, 6) is 0.0225. The maximum atomic E-state index is 12.0. The Morgan fingerprint density at radius 1 is 1.22 bits per heavy atom. The summed E-state index contributed by atoms with van der Waals surface area (Å²) in [6.07, 6.45) is 3.87. The smallest absolute Gasteiger partial charge is 0.316 e. The molecular weight excluding hydrogens is 296 g/mol. The van der Waals surface area contributed by atoms with Crippen molar-refractivity contribution in [3.63, 3.8) is 0 Å². The van der Waals surface area contributed by atoms with Crippen LogP contribution in [0.3, 0.4) is 0 Å². The van der Waals surface area contributed by atoms with E-state index in [1.54, 1.807) is 48.8 Å². The molecule has 0 aliphatic rings. The Bertz CT molecular complexity index is 785. The maximum Gasteiger partial charge on any atom is 0.316 e. The van der Waals surface area contributed by atoms with Crippen LogP contribution in [0, 0.1) is 0 Å². The second-order valence-electron chi connectivity index (χ2n) is 4.84. The molecule has 7 nitrogen and oxygen atoms in total. The van der Waals surface area contributed by atoms with E-state index in [0.717, 1.165) is 5.56 Å². The Morgan fingerprint density at radius 2 is 2.04 bits per heavy atom. The minimum atomic E-state index is -0.425. The number of aromatic nitrogens is 3. The molecular formula is C16H14N4O3. The number of carbonyl (C=O) groups excluding carboxylic acids is 1. The van der Waals surface area contributed by atoms with Crippen molar-refractivity contribution in [1.29, 1.82) is 0 Å². The highest BCUT2D eigenvalue weighted by Crippen LogP contribution is 2.13. The fourth-order valence-corrected chi connectivity index (χ4v) is 1.99. The fraction of sp³-hybridized carbons (Fsp3) is 0.125. The second kappa shape index (κ2) is 6.69. The van der Waals surface area contributed by atoms with E-state index < -0.39 is 5.91 Å². The van der Waals surface area contributed by atoms with Gasteiger partial charge in [0.15, 0.2) is 0 Å². The summed E-state index contributed by atoms with van der Waals surface area (Å²) in [6.45, 7) is 0.425. The molecule has 3 rings (SSSR count). The molecule has 2 heterocycles. The minimum absolute atomic E-state index is 0.0884. The normalized spacial score (nSPS) is 10.4. The van der Waals surface area contributed by atoms with E-state index in [0.29, 0.717) is 24.4 Å². The maximum absolute atomic E-state index is 12.0. The molecule has 2 N–H and O–H groups in total. The molecule has 0 spiro atoms. The zero-order chi connectivity index (χ0) is 16.1. The number of aromatic hydroxyl groups is 1. The lowest BCUT2D eigenvalue weighted by Gasteiger charge is -2.02. The van der Waals surface area contributed by atoms with Crippen molar-refractivity contribution in [3.8, 4) is 17.1 Å². The average Bonchev–Trinajstić information content (AvgIpc) is 3.07. The van der Waals surface area contributed by atoms with Gasteiger partial charge < -0.3 is 14.9 Å². The number of benzene rings is 1. The molecule has 0 saturated carbocycles. The molecule has 2 aromatic heterocycles. The van der Waals surface area contributed by atoms with Crippen LogP contribution in [0.2, 0.25) is 0 Å². The third-order valence-corrected chi connectivity index (χ3v) is 3.18. The lowest BCUT2D eigenvalue weighted by Crippen LogP contribution is -2.25. The van der Waals surface area contributed by atoms with Crippen LogP contribution in [0.25, 0.3) is 11.4 Å². The number of rotatable bonds is 5. The summed E-state index contributed by atoms with van der Waals surface area (Å²) in [6, 6.07) is 10.3. The highest BCUT2D eigenvalue weighted by molar-refractivity contribution is 5.89. The van der Waals surface area contributed by atoms with E-state index in [1.807, 2.05) is 0 Å². The first-order valence-corrected chi connectivity index (χ1v) is 7.02. The van der Waals surface area contributed by atoms with Crippen molar-refractivity contribution in [2.45, 2.75) is 6.42 Å². The van der Waals surface area contributed by atoms with Crippen molar-refractivity contribution < 1.29 is 14.4 Å². The Morgan fingerprint density at radius 3 is 2.78 bits per heavy atom. The van der Waals surface area contributed by atoms with Gasteiger partial charge in [-0.3, -0.25) is 9.78 Å². The summed E-state index contributed by atoms with van der Waals surface area (Å²) in [4.78, 5) is 20.0. The van der Waals surface area contributed by atoms with E-state index in [1.165, 1.54) is 0 Å². The quantitative estimate of drug-likeness (QED) is 0.745. The summed E-state index contributed by atoms with van der Waals surface area (Å²) in [5, 5.41) is 15.7. The predicted octanol–water partition coefficient (Wildman–Crippen LogP) is 1.81. The van der Waals surface area contributed by atoms with Gasteiger partial charge in [-0.1, -0.05) is 17.3 Å². The van der Waals surface area contributed by atoms with Gasteiger partial charge in [0.2, 0.25) is 5.82 Å². The molecule has 7 heteroatoms. The van der Waals surface area contributed by atoms with Gasteiger partial charge in [0.1, 0.15) is 5.75 Å². The van der Waals surface area contributed by atoms with E-state index in [4.69, 9.17) is 4.52 Å². The van der Waals surface area contributed by atoms with Gasteiger partial charge >= 0.3 is 11.8 Å². The Kier molecular flexibility index (Phi) is 4.28. The molecule has 0 aliphatic carbocycles. The highest BCUT2D eigenvalue weighted by Gasteiger charge is 2.15. The van der Waals surface area contributed by atoms with Crippen molar-refractivity contribution in [2.75, 3.05) is 6.54 Å². The molecule has 1 aromatic carbocycles. The van der Waals surface area contributed by atoms with Gasteiger partial charge in [-0.25, -0.2) is 0 Å². The molecule has 0 fully saturated rings. The standard InChI is InChI=1S/C16H14N4O3/c21-13-5-3-11(4-6-13)7-9-18-15(22)16-19-14(20-23-16)12-2-1-8-17-10-12/h1-6,8,10,21H,7,9H2,(H,18,22). The van der Waals surface area contributed by atoms with Crippen molar-refractivity contribution in [2.24, 2.45) is 0 Å². The topological polar surface area (TPSA) is 101 Å². The van der Waals surface area contributed by atoms with Crippen molar-refractivity contribution >= 4 is 5.91 Å². The fourth-order valence-electron chi connectivity index (χ4n) is 1.99. The SMILES string of the molecule is O=C(NCCc1ccc(O)cc1)c1nc(-c2cccnc2)no1. The average molecular weight is 310 g/mol. The molecule has 0 aliphatic heterocycles. The Hall–Kier alpha value is -3.22. The van der Waals surface area contributed by atoms with Crippen LogP contribution < -0.4 is 5.32 Å². The number of nitrogens with zero attached hydrogens (tertiary/aromatic N) is 3. The van der Waals surface area contributed by atoms with E-state index in [9.17, 15) is 9.90 Å². The number of pyridine rings is 1. The van der Waals surface area contributed by atoms with Gasteiger partial charge in [-0.2, -0.15) is 4.98 Å². The number of hydrogen-bond acceptors (Lipinski definition) is 6. The monoisotopic (exact) mass is 310 g/mol. The predicted molar refractivity (Wildman–Crippen MR) is 81.7 cm³/mol. The summed E-state index contributed by atoms with van der Waals surface area (Å²) in [5.41, 5.74) is 1.68. The number of nitrogens with one attached hydrogen (secondary N) is 1. The molecule has 23 heavy (non-hydrogen) atoms. The number of hydrogen-bond donors (Lipinski definition) is 2. The molecule has 0 bridgehead atoms. The van der Waals surface area contributed by atoms with E-state index >= 15 is 0 Å². The molecule has 116 valence electrons. The van der Waals surface area contributed by atoms with Crippen LogP contribution in [-0.4, -0.2) is 32.7 Å². The molecule has 3 aromatic rings. The third-order valence-electron chi connectivity index (χ3n) is 3.18. The van der Waals surface area contributed by atoms with E-state index in [2.05, 4.69) is 20.4 Å². The van der Waals surface area contributed by atoms with Crippen LogP contribution in [-0.2, 0) is 6.42 Å². The largest absolute Gasteiger partial charge is 0.508 e. The first-order chi connectivity index (χ1) is 11.2. The minimum Gasteiger partial charge on any atom is -0.508 e. The zero-order valence-electron chi connectivity index (χ0n) is 12.1. The van der Waals surface area contributed by atoms with Crippen LogP contribution in [0.1, 0.15) is 16.2 Å². The number of carbonyl (C=O) groups is 1. The van der Waals surface area contributed by atoms with Gasteiger partial charge in [0, 0.05) is 24.5 Å². The summed E-state index contributed by atoms with van der Waals surface area (Å²) in [7, 11) is 0. The van der Waals surface area contributed by atoms with Gasteiger partial charge in [0.05, 0.1) is 0 Å². The van der Waals surface area contributed by atoms with Crippen molar-refractivity contribution in [3.05, 3.63) is 60.2 Å². The molecule has 0 unspecified atom stereocenters. The van der Waals surface area contributed by atoms with Crippen LogP contribution >= 0.6 is 0 Å². The van der Waals surface area contributed by atoms with Gasteiger partial charge in [0.25, 0.3) is 0 Å². The molecule has 0 radical (unpaired) electrons. The first kappa shape index (κ1) is 14.7. The molecule has 1 amide bonds. The Labute approximate surface area is 132 Å². The lowest BCUT2D eigenvalue weighted by atomic mass is 10.1.